The maximum atomic E-state index is 12.6. The molecule has 21 atom stereocenters. The van der Waals surface area contributed by atoms with E-state index in [2.05, 4.69) is 6.92 Å². The third-order valence-corrected chi connectivity index (χ3v) is 16.2. The van der Waals surface area contributed by atoms with Crippen molar-refractivity contribution in [2.24, 2.45) is 34.5 Å². The first-order valence-electron chi connectivity index (χ1n) is 21.3. The molecule has 0 unspecified atom stereocenters. The van der Waals surface area contributed by atoms with E-state index in [4.69, 9.17) is 37.9 Å². The second kappa shape index (κ2) is 15.6. The van der Waals surface area contributed by atoms with Crippen LogP contribution in [-0.4, -0.2) is 137 Å². The fraction of sp³-hybridized carbons (Fsp3) is 0.929. The van der Waals surface area contributed by atoms with Gasteiger partial charge in [-0.2, -0.15) is 0 Å². The Morgan fingerprint density at radius 3 is 1.96 bits per heavy atom. The number of ether oxygens (including phenoxy) is 8. The number of rotatable bonds is 8. The van der Waals surface area contributed by atoms with Crippen molar-refractivity contribution >= 4 is 5.97 Å². The van der Waals surface area contributed by atoms with Crippen molar-refractivity contribution in [1.29, 1.82) is 0 Å². The zero-order valence-corrected chi connectivity index (χ0v) is 33.9. The van der Waals surface area contributed by atoms with Gasteiger partial charge in [-0.3, -0.25) is 0 Å². The maximum Gasteiger partial charge on any atom is 0.331 e. The van der Waals surface area contributed by atoms with E-state index in [-0.39, 0.29) is 54.7 Å². The highest BCUT2D eigenvalue weighted by molar-refractivity contribution is 5.85. The minimum atomic E-state index is -1.01. The Labute approximate surface area is 330 Å². The molecule has 0 radical (unpaired) electrons. The Bertz CT molecular complexity index is 1440. The Balaban J connectivity index is 0.834. The molecule has 5 N–H and O–H groups in total. The molecule has 0 aromatic rings. The van der Waals surface area contributed by atoms with Gasteiger partial charge in [0.1, 0.15) is 24.9 Å². The van der Waals surface area contributed by atoms with Gasteiger partial charge in [0.05, 0.1) is 54.4 Å². The lowest BCUT2D eigenvalue weighted by molar-refractivity contribution is -0.336. The predicted octanol–water partition coefficient (Wildman–Crippen LogP) is 2.87. The van der Waals surface area contributed by atoms with Gasteiger partial charge in [0.25, 0.3) is 0 Å². The summed E-state index contributed by atoms with van der Waals surface area (Å²) in [5, 5.41) is 57.2. The van der Waals surface area contributed by atoms with E-state index in [1.807, 2.05) is 13.8 Å². The third kappa shape index (κ3) is 7.02. The molecule has 4 aliphatic carbocycles. The Morgan fingerprint density at radius 1 is 0.732 bits per heavy atom. The van der Waals surface area contributed by atoms with Gasteiger partial charge < -0.3 is 63.4 Å². The molecular formula is C42H66O14. The SMILES string of the molecule is CO[C@H]1C[C@@H](O[C@@H]2[C@H](O)C[C@@H](O[C@@H]3[C@H](O)C[C@@H](O[C@H]4CC[C@@]5(C)[C@@H](CC[C@H]6[C@H]5C[C@@H](O)[C@]5(C)[C@H](C7=CC(=O)OC7)CC[C@]65O)C4)O[C@@H]3C)O[C@@H]2C)O[C@H](C)[C@H]1O. The maximum absolute atomic E-state index is 12.6. The first-order chi connectivity index (χ1) is 26.5. The standard InChI is InChI=1S/C42H66O14/c1-20-37(47)31(49-6)18-36(51-20)56-39-22(3)53-35(17-30(39)44)55-38-21(2)52-34(16-29(38)43)54-25-9-11-40(4)24(14-25)7-8-27-28(40)15-32(45)41(5)26(10-12-42(27,41)48)23-13-33(46)50-19-23/h13,20-22,24-32,34-39,43-45,47-48H,7-12,14-19H2,1-6H3/t20-,21-,22-,24+,25+,26+,27+,28-,29-,30-,31+,32-,34-,35-,36-,37-,38+,39+,40+,41+,42+/m1/s1. The van der Waals surface area contributed by atoms with Crippen LogP contribution in [-0.2, 0) is 42.7 Å². The summed E-state index contributed by atoms with van der Waals surface area (Å²) in [5.41, 5.74) is -0.876. The number of fused-ring (bicyclic) bond motifs is 5. The van der Waals surface area contributed by atoms with Crippen LogP contribution < -0.4 is 0 Å². The van der Waals surface area contributed by atoms with Gasteiger partial charge in [0.15, 0.2) is 18.9 Å². The number of carbonyl (C=O) groups is 1. The number of hydrogen-bond acceptors (Lipinski definition) is 14. The number of aliphatic hydroxyl groups is 5. The highest BCUT2D eigenvalue weighted by atomic mass is 16.7. The first-order valence-corrected chi connectivity index (χ1v) is 21.3. The van der Waals surface area contributed by atoms with Crippen LogP contribution >= 0.6 is 0 Å². The minimum Gasteiger partial charge on any atom is -0.458 e. The molecule has 4 aliphatic heterocycles. The predicted molar refractivity (Wildman–Crippen MR) is 197 cm³/mol. The van der Waals surface area contributed by atoms with E-state index < -0.39 is 90.9 Å². The summed E-state index contributed by atoms with van der Waals surface area (Å²) in [4.78, 5) is 12.0. The third-order valence-electron chi connectivity index (χ3n) is 16.2. The van der Waals surface area contributed by atoms with E-state index in [0.29, 0.717) is 25.2 Å². The molecule has 0 aromatic heterocycles. The first kappa shape index (κ1) is 41.5. The average molecular weight is 795 g/mol. The van der Waals surface area contributed by atoms with Crippen LogP contribution in [0.15, 0.2) is 11.6 Å². The fourth-order valence-corrected chi connectivity index (χ4v) is 13.0. The van der Waals surface area contributed by atoms with Crippen LogP contribution in [0.4, 0.5) is 0 Å². The van der Waals surface area contributed by atoms with Crippen molar-refractivity contribution in [2.45, 2.75) is 197 Å². The second-order valence-corrected chi connectivity index (χ2v) is 19.0. The lowest BCUT2D eigenvalue weighted by atomic mass is 9.42. The summed E-state index contributed by atoms with van der Waals surface area (Å²) < 4.78 is 47.9. The van der Waals surface area contributed by atoms with Gasteiger partial charge in [-0.15, -0.1) is 0 Å². The highest BCUT2D eigenvalue weighted by Gasteiger charge is 2.71. The second-order valence-electron chi connectivity index (χ2n) is 19.0. The van der Waals surface area contributed by atoms with Crippen LogP contribution in [0, 0.1) is 34.5 Å². The summed E-state index contributed by atoms with van der Waals surface area (Å²) in [6, 6.07) is 0. The molecular weight excluding hydrogens is 728 g/mol. The van der Waals surface area contributed by atoms with Gasteiger partial charge in [0, 0.05) is 37.9 Å². The number of hydrogen-bond donors (Lipinski definition) is 5. The number of esters is 1. The van der Waals surface area contributed by atoms with Crippen molar-refractivity contribution < 1.29 is 68.2 Å². The van der Waals surface area contributed by atoms with Crippen molar-refractivity contribution in [2.75, 3.05) is 13.7 Å². The number of methoxy groups -OCH3 is 1. The normalized spacial score (nSPS) is 54.8. The Hall–Kier alpha value is -1.27. The van der Waals surface area contributed by atoms with Gasteiger partial charge in [-0.05, 0) is 107 Å². The molecule has 318 valence electrons. The topological polar surface area (TPSA) is 192 Å². The van der Waals surface area contributed by atoms with Crippen molar-refractivity contribution in [1.82, 2.24) is 0 Å². The van der Waals surface area contributed by atoms with Crippen LogP contribution in [0.5, 0.6) is 0 Å². The summed E-state index contributed by atoms with van der Waals surface area (Å²) >= 11 is 0. The Morgan fingerprint density at radius 2 is 1.36 bits per heavy atom. The van der Waals surface area contributed by atoms with E-state index in [9.17, 15) is 30.3 Å². The lowest BCUT2D eigenvalue weighted by Gasteiger charge is -2.65. The number of carbonyl (C=O) groups excluding carboxylic acids is 1. The van der Waals surface area contributed by atoms with E-state index >= 15 is 0 Å². The van der Waals surface area contributed by atoms with Gasteiger partial charge in [0.2, 0.25) is 0 Å². The molecule has 14 nitrogen and oxygen atoms in total. The molecule has 4 heterocycles. The molecule has 0 aromatic carbocycles. The van der Waals surface area contributed by atoms with Crippen LogP contribution in [0.25, 0.3) is 0 Å². The van der Waals surface area contributed by atoms with Crippen LogP contribution in [0.3, 0.4) is 0 Å². The molecule has 7 fully saturated rings. The smallest absolute Gasteiger partial charge is 0.331 e. The molecule has 4 saturated carbocycles. The molecule has 56 heavy (non-hydrogen) atoms. The summed E-state index contributed by atoms with van der Waals surface area (Å²) in [6.07, 6.45) is 0.0983. The highest BCUT2D eigenvalue weighted by Crippen LogP contribution is 2.70. The molecule has 8 aliphatic rings. The van der Waals surface area contributed by atoms with Gasteiger partial charge in [-0.1, -0.05) is 13.8 Å². The van der Waals surface area contributed by atoms with E-state index in [1.54, 1.807) is 19.9 Å². The van der Waals surface area contributed by atoms with E-state index in [1.165, 1.54) is 7.11 Å². The molecule has 0 spiro atoms. The monoisotopic (exact) mass is 794 g/mol. The lowest BCUT2D eigenvalue weighted by Crippen LogP contribution is -2.67. The summed E-state index contributed by atoms with van der Waals surface area (Å²) in [6.45, 7) is 10.1. The zero-order valence-electron chi connectivity index (χ0n) is 33.9. The van der Waals surface area contributed by atoms with E-state index in [0.717, 1.165) is 44.1 Å². The average Bonchev–Trinajstić information content (AvgIpc) is 3.70. The number of cyclic esters (lactones) is 1. The van der Waals surface area contributed by atoms with Crippen LogP contribution in [0.2, 0.25) is 0 Å². The summed E-state index contributed by atoms with van der Waals surface area (Å²) in [7, 11) is 1.54. The number of aliphatic hydroxyl groups excluding tert-OH is 4. The van der Waals surface area contributed by atoms with Crippen molar-refractivity contribution in [3.8, 4) is 0 Å². The largest absolute Gasteiger partial charge is 0.458 e. The molecule has 0 amide bonds. The van der Waals surface area contributed by atoms with Gasteiger partial charge >= 0.3 is 5.97 Å². The molecule has 8 rings (SSSR count). The molecule has 0 bridgehead atoms. The Kier molecular flexibility index (Phi) is 11.6. The minimum absolute atomic E-state index is 0.0377. The summed E-state index contributed by atoms with van der Waals surface area (Å²) in [5.74, 6) is 0.225. The van der Waals surface area contributed by atoms with Crippen molar-refractivity contribution in [3.05, 3.63) is 11.6 Å². The van der Waals surface area contributed by atoms with Crippen LogP contribution in [0.1, 0.15) is 105 Å². The quantitative estimate of drug-likeness (QED) is 0.178. The molecule has 3 saturated heterocycles. The van der Waals surface area contributed by atoms with Crippen molar-refractivity contribution in [3.63, 3.8) is 0 Å². The fourth-order valence-electron chi connectivity index (χ4n) is 13.0. The zero-order chi connectivity index (χ0) is 39.9. The van der Waals surface area contributed by atoms with Gasteiger partial charge in [-0.25, -0.2) is 4.79 Å². The molecule has 14 heteroatoms.